The molecule has 0 unspecified atom stereocenters. The van der Waals surface area contributed by atoms with E-state index in [0.717, 1.165) is 17.4 Å². The molecule has 8 nitrogen and oxygen atoms in total. The highest BCUT2D eigenvalue weighted by molar-refractivity contribution is 7.99. The summed E-state index contributed by atoms with van der Waals surface area (Å²) in [4.78, 5) is 23.6. The lowest BCUT2D eigenvalue weighted by atomic mass is 10.0. The highest BCUT2D eigenvalue weighted by atomic mass is 32.2. The van der Waals surface area contributed by atoms with Crippen molar-refractivity contribution in [2.45, 2.75) is 19.0 Å². The van der Waals surface area contributed by atoms with Crippen LogP contribution in [0.5, 0.6) is 0 Å². The van der Waals surface area contributed by atoms with E-state index in [1.807, 2.05) is 41.8 Å². The Kier molecular flexibility index (Phi) is 6.63. The number of hydrogen-bond donors (Lipinski definition) is 1. The molecule has 1 heterocycles. The zero-order valence-electron chi connectivity index (χ0n) is 14.3. The molecule has 2 aromatic rings. The zero-order chi connectivity index (χ0) is 19.1. The molecule has 0 saturated carbocycles. The SMILES string of the molecule is CC(=N)[C@@H](C#N)C(=O)COC(=O)CSc1nnc(C)n1-c1ccccc1. The van der Waals surface area contributed by atoms with Crippen LogP contribution in [0.4, 0.5) is 0 Å². The summed E-state index contributed by atoms with van der Waals surface area (Å²) in [6.45, 7) is 2.64. The number of aromatic nitrogens is 3. The van der Waals surface area contributed by atoms with Gasteiger partial charge >= 0.3 is 5.97 Å². The third kappa shape index (κ3) is 4.77. The third-order valence-electron chi connectivity index (χ3n) is 3.39. The van der Waals surface area contributed by atoms with Crippen molar-refractivity contribution < 1.29 is 14.3 Å². The van der Waals surface area contributed by atoms with Gasteiger partial charge in [0.2, 0.25) is 0 Å². The van der Waals surface area contributed by atoms with Crippen molar-refractivity contribution in [2.75, 3.05) is 12.4 Å². The van der Waals surface area contributed by atoms with Crippen LogP contribution in [-0.4, -0.2) is 44.6 Å². The summed E-state index contributed by atoms with van der Waals surface area (Å²) in [5, 5.41) is 24.8. The van der Waals surface area contributed by atoms with Crippen molar-refractivity contribution in [1.82, 2.24) is 14.8 Å². The number of nitrogens with one attached hydrogen (secondary N) is 1. The van der Waals surface area contributed by atoms with E-state index in [2.05, 4.69) is 10.2 Å². The van der Waals surface area contributed by atoms with Crippen LogP contribution in [0.25, 0.3) is 5.69 Å². The maximum absolute atomic E-state index is 11.9. The largest absolute Gasteiger partial charge is 0.457 e. The Bertz CT molecular complexity index is 857. The Hall–Kier alpha value is -2.99. The topological polar surface area (TPSA) is 122 Å². The molecule has 0 spiro atoms. The summed E-state index contributed by atoms with van der Waals surface area (Å²) >= 11 is 1.14. The highest BCUT2D eigenvalue weighted by Crippen LogP contribution is 2.21. The quantitative estimate of drug-likeness (QED) is 0.427. The van der Waals surface area contributed by atoms with E-state index in [9.17, 15) is 9.59 Å². The predicted octanol–water partition coefficient (Wildman–Crippen LogP) is 1.96. The van der Waals surface area contributed by atoms with E-state index >= 15 is 0 Å². The minimum Gasteiger partial charge on any atom is -0.457 e. The van der Waals surface area contributed by atoms with Crippen molar-refractivity contribution in [3.8, 4) is 11.8 Å². The molecule has 1 N–H and O–H groups in total. The number of nitrogens with zero attached hydrogens (tertiary/aromatic N) is 4. The number of ketones is 1. The van der Waals surface area contributed by atoms with Crippen molar-refractivity contribution in [3.63, 3.8) is 0 Å². The summed E-state index contributed by atoms with van der Waals surface area (Å²) in [5.74, 6) is -1.77. The molecular formula is C17H17N5O3S. The van der Waals surface area contributed by atoms with Gasteiger partial charge in [0.15, 0.2) is 17.5 Å². The number of esters is 1. The van der Waals surface area contributed by atoms with Crippen LogP contribution in [0.2, 0.25) is 0 Å². The van der Waals surface area contributed by atoms with E-state index in [0.29, 0.717) is 11.0 Å². The van der Waals surface area contributed by atoms with Crippen LogP contribution in [0.3, 0.4) is 0 Å². The normalized spacial score (nSPS) is 11.4. The predicted molar refractivity (Wildman–Crippen MR) is 95.3 cm³/mol. The molecule has 26 heavy (non-hydrogen) atoms. The molecule has 1 atom stereocenters. The first-order chi connectivity index (χ1) is 12.4. The average Bonchev–Trinajstić information content (AvgIpc) is 2.99. The molecule has 0 amide bonds. The fourth-order valence-corrected chi connectivity index (χ4v) is 2.92. The van der Waals surface area contributed by atoms with Gasteiger partial charge in [0, 0.05) is 11.4 Å². The van der Waals surface area contributed by atoms with Crippen LogP contribution in [-0.2, 0) is 14.3 Å². The van der Waals surface area contributed by atoms with Gasteiger partial charge < -0.3 is 10.1 Å². The number of benzene rings is 1. The van der Waals surface area contributed by atoms with Gasteiger partial charge in [-0.15, -0.1) is 10.2 Å². The van der Waals surface area contributed by atoms with Crippen molar-refractivity contribution >= 4 is 29.2 Å². The number of rotatable bonds is 8. The second kappa shape index (κ2) is 8.92. The summed E-state index contributed by atoms with van der Waals surface area (Å²) in [6.07, 6.45) is 0. The van der Waals surface area contributed by atoms with Crippen LogP contribution >= 0.6 is 11.8 Å². The monoisotopic (exact) mass is 371 g/mol. The molecule has 9 heteroatoms. The van der Waals surface area contributed by atoms with Gasteiger partial charge in [-0.25, -0.2) is 0 Å². The standard InChI is InChI=1S/C17H17N5O3S/c1-11(19)14(8-18)15(23)9-25-16(24)10-26-17-21-20-12(2)22(17)13-6-4-3-5-7-13/h3-7,14,19H,9-10H2,1-2H3/t14-/m1/s1. The molecule has 0 aliphatic heterocycles. The maximum atomic E-state index is 11.9. The smallest absolute Gasteiger partial charge is 0.316 e. The zero-order valence-corrected chi connectivity index (χ0v) is 15.1. The maximum Gasteiger partial charge on any atom is 0.316 e. The van der Waals surface area contributed by atoms with E-state index in [1.165, 1.54) is 6.92 Å². The van der Waals surface area contributed by atoms with Crippen LogP contribution < -0.4 is 0 Å². The molecule has 134 valence electrons. The van der Waals surface area contributed by atoms with E-state index in [1.54, 1.807) is 6.07 Å². The number of Topliss-reactive ketones (excluding diaryl/α,β-unsaturated/α-hetero) is 1. The number of carbonyl (C=O) groups is 2. The highest BCUT2D eigenvalue weighted by Gasteiger charge is 2.22. The van der Waals surface area contributed by atoms with E-state index in [4.69, 9.17) is 15.4 Å². The molecule has 0 saturated heterocycles. The molecular weight excluding hydrogens is 354 g/mol. The van der Waals surface area contributed by atoms with Gasteiger partial charge in [-0.3, -0.25) is 14.2 Å². The van der Waals surface area contributed by atoms with Crippen LogP contribution in [0, 0.1) is 29.6 Å². The Morgan fingerprint density at radius 2 is 2.04 bits per heavy atom. The average molecular weight is 371 g/mol. The molecule has 1 aromatic carbocycles. The summed E-state index contributed by atoms with van der Waals surface area (Å²) < 4.78 is 6.71. The Morgan fingerprint density at radius 1 is 1.35 bits per heavy atom. The summed E-state index contributed by atoms with van der Waals surface area (Å²) in [5.41, 5.74) is 0.800. The number of ether oxygens (including phenoxy) is 1. The third-order valence-corrected chi connectivity index (χ3v) is 4.29. The molecule has 0 aliphatic rings. The first-order valence-corrected chi connectivity index (χ1v) is 8.65. The van der Waals surface area contributed by atoms with Gasteiger partial charge in [0.05, 0.1) is 11.8 Å². The fourth-order valence-electron chi connectivity index (χ4n) is 2.12. The van der Waals surface area contributed by atoms with Crippen molar-refractivity contribution in [1.29, 1.82) is 10.7 Å². The minimum atomic E-state index is -1.18. The summed E-state index contributed by atoms with van der Waals surface area (Å²) in [7, 11) is 0. The second-order valence-electron chi connectivity index (χ2n) is 5.36. The van der Waals surface area contributed by atoms with E-state index in [-0.39, 0.29) is 11.5 Å². The van der Waals surface area contributed by atoms with E-state index < -0.39 is 24.3 Å². The number of hydrogen-bond acceptors (Lipinski definition) is 8. The van der Waals surface area contributed by atoms with Gasteiger partial charge in [-0.1, -0.05) is 30.0 Å². The van der Waals surface area contributed by atoms with Crippen LogP contribution in [0.1, 0.15) is 12.7 Å². The van der Waals surface area contributed by atoms with Gasteiger partial charge in [0.25, 0.3) is 0 Å². The Balaban J connectivity index is 1.94. The number of carbonyl (C=O) groups excluding carboxylic acids is 2. The minimum absolute atomic E-state index is 0.0565. The van der Waals surface area contributed by atoms with Crippen LogP contribution in [0.15, 0.2) is 35.5 Å². The van der Waals surface area contributed by atoms with Gasteiger partial charge in [0.1, 0.15) is 11.7 Å². The lowest BCUT2D eigenvalue weighted by molar-refractivity contribution is -0.145. The lowest BCUT2D eigenvalue weighted by Crippen LogP contribution is -2.26. The first-order valence-electron chi connectivity index (χ1n) is 7.67. The fraction of sp³-hybridized carbons (Fsp3) is 0.294. The Morgan fingerprint density at radius 3 is 2.65 bits per heavy atom. The van der Waals surface area contributed by atoms with Crippen molar-refractivity contribution in [2.24, 2.45) is 5.92 Å². The van der Waals surface area contributed by atoms with Crippen molar-refractivity contribution in [3.05, 3.63) is 36.2 Å². The second-order valence-corrected chi connectivity index (χ2v) is 6.30. The molecule has 0 fully saturated rings. The van der Waals surface area contributed by atoms with Gasteiger partial charge in [-0.2, -0.15) is 5.26 Å². The number of para-hydroxylation sites is 1. The lowest BCUT2D eigenvalue weighted by Gasteiger charge is -2.09. The number of thioether (sulfide) groups is 1. The molecule has 0 bridgehead atoms. The molecule has 0 aliphatic carbocycles. The number of aryl methyl sites for hydroxylation is 1. The molecule has 2 rings (SSSR count). The number of nitriles is 1. The molecule has 1 aromatic heterocycles. The summed E-state index contributed by atoms with van der Waals surface area (Å²) in [6, 6.07) is 11.2. The van der Waals surface area contributed by atoms with Gasteiger partial charge in [-0.05, 0) is 26.0 Å². The first kappa shape index (κ1) is 19.3. The molecule has 0 radical (unpaired) electrons. The Labute approximate surface area is 154 Å².